The summed E-state index contributed by atoms with van der Waals surface area (Å²) in [7, 11) is 0. The van der Waals surface area contributed by atoms with Crippen molar-refractivity contribution in [2.24, 2.45) is 5.92 Å². The highest BCUT2D eigenvalue weighted by molar-refractivity contribution is 7.17. The molecule has 1 atom stereocenters. The van der Waals surface area contributed by atoms with Crippen molar-refractivity contribution < 1.29 is 19.1 Å². The van der Waals surface area contributed by atoms with Gasteiger partial charge in [-0.05, 0) is 74.3 Å². The van der Waals surface area contributed by atoms with Crippen molar-refractivity contribution in [3.63, 3.8) is 0 Å². The second-order valence-electron chi connectivity index (χ2n) is 7.85. The second-order valence-corrected chi connectivity index (χ2v) is 8.96. The third-order valence-corrected chi connectivity index (χ3v) is 6.14. The highest BCUT2D eigenvalue weighted by Gasteiger charge is 2.29. The number of hydrogen-bond acceptors (Lipinski definition) is 5. The summed E-state index contributed by atoms with van der Waals surface area (Å²) in [5, 5.41) is 3.48. The molecule has 1 heterocycles. The van der Waals surface area contributed by atoms with E-state index in [0.29, 0.717) is 28.8 Å². The quantitative estimate of drug-likeness (QED) is 0.641. The number of hydrogen-bond donors (Lipinski definition) is 1. The highest BCUT2D eigenvalue weighted by Crippen LogP contribution is 2.40. The van der Waals surface area contributed by atoms with Gasteiger partial charge in [-0.1, -0.05) is 19.9 Å². The van der Waals surface area contributed by atoms with Crippen LogP contribution in [0.25, 0.3) is 0 Å². The van der Waals surface area contributed by atoms with Crippen LogP contribution < -0.4 is 10.1 Å². The molecule has 156 valence electrons. The summed E-state index contributed by atoms with van der Waals surface area (Å²) in [4.78, 5) is 26.4. The van der Waals surface area contributed by atoms with Crippen molar-refractivity contribution in [2.75, 3.05) is 18.5 Å². The summed E-state index contributed by atoms with van der Waals surface area (Å²) < 4.78 is 11.1. The molecule has 1 aliphatic carbocycles. The van der Waals surface area contributed by atoms with Crippen molar-refractivity contribution in [1.82, 2.24) is 0 Å². The molecule has 0 radical (unpaired) electrons. The maximum absolute atomic E-state index is 12.7. The lowest BCUT2D eigenvalue weighted by atomic mass is 9.88. The van der Waals surface area contributed by atoms with Crippen LogP contribution in [0.15, 0.2) is 18.2 Å². The summed E-state index contributed by atoms with van der Waals surface area (Å²) in [5.74, 6) is 0.626. The number of anilines is 1. The van der Waals surface area contributed by atoms with Gasteiger partial charge in [-0.25, -0.2) is 4.79 Å². The molecule has 0 spiro atoms. The van der Waals surface area contributed by atoms with Crippen molar-refractivity contribution in [1.29, 1.82) is 0 Å². The summed E-state index contributed by atoms with van der Waals surface area (Å²) in [6.07, 6.45) is 3.59. The Morgan fingerprint density at radius 3 is 2.62 bits per heavy atom. The Labute approximate surface area is 176 Å². The number of carbonyl (C=O) groups excluding carboxylic acids is 2. The van der Waals surface area contributed by atoms with Crippen LogP contribution in [0.4, 0.5) is 5.00 Å². The van der Waals surface area contributed by atoms with Crippen molar-refractivity contribution >= 4 is 28.2 Å². The van der Waals surface area contributed by atoms with Crippen LogP contribution in [-0.4, -0.2) is 25.1 Å². The van der Waals surface area contributed by atoms with E-state index in [4.69, 9.17) is 9.47 Å². The number of aryl methyl sites for hydroxylation is 2. The first-order chi connectivity index (χ1) is 13.9. The van der Waals surface area contributed by atoms with Gasteiger partial charge in [-0.2, -0.15) is 0 Å². The number of amides is 1. The van der Waals surface area contributed by atoms with Crippen molar-refractivity contribution in [2.45, 2.75) is 53.4 Å². The van der Waals surface area contributed by atoms with Gasteiger partial charge in [0.1, 0.15) is 10.8 Å². The SMILES string of the molecule is CCCOC(=O)c1c(NC(=O)COc2cc(C)cc(C)c2)sc2c1CC[C@@H](C)C2. The molecule has 0 aliphatic heterocycles. The number of rotatable bonds is 7. The maximum Gasteiger partial charge on any atom is 0.341 e. The lowest BCUT2D eigenvalue weighted by Gasteiger charge is -2.18. The van der Waals surface area contributed by atoms with Gasteiger partial charge in [0, 0.05) is 4.88 Å². The maximum atomic E-state index is 12.7. The highest BCUT2D eigenvalue weighted by atomic mass is 32.1. The molecule has 0 saturated heterocycles. The molecule has 1 aromatic heterocycles. The van der Waals surface area contributed by atoms with E-state index in [1.807, 2.05) is 32.9 Å². The van der Waals surface area contributed by atoms with Crippen molar-refractivity contribution in [3.8, 4) is 5.75 Å². The van der Waals surface area contributed by atoms with Crippen LogP contribution in [0.5, 0.6) is 5.75 Å². The molecule has 3 rings (SSSR count). The zero-order valence-corrected chi connectivity index (χ0v) is 18.4. The monoisotopic (exact) mass is 415 g/mol. The Morgan fingerprint density at radius 2 is 1.93 bits per heavy atom. The van der Waals surface area contributed by atoms with Crippen LogP contribution in [0, 0.1) is 19.8 Å². The number of ether oxygens (including phenoxy) is 2. The van der Waals surface area contributed by atoms with Gasteiger partial charge in [0.05, 0.1) is 12.2 Å². The topological polar surface area (TPSA) is 64.6 Å². The molecule has 0 unspecified atom stereocenters. The molecule has 0 fully saturated rings. The molecule has 5 nitrogen and oxygen atoms in total. The predicted molar refractivity (Wildman–Crippen MR) is 116 cm³/mol. The number of carbonyl (C=O) groups is 2. The molecule has 1 aromatic carbocycles. The van der Waals surface area contributed by atoms with Gasteiger partial charge in [0.25, 0.3) is 5.91 Å². The fourth-order valence-corrected chi connectivity index (χ4v) is 5.06. The first-order valence-corrected chi connectivity index (χ1v) is 11.0. The minimum absolute atomic E-state index is 0.106. The Morgan fingerprint density at radius 1 is 1.21 bits per heavy atom. The van der Waals surface area contributed by atoms with Crippen LogP contribution in [0.3, 0.4) is 0 Å². The van der Waals surface area contributed by atoms with Gasteiger partial charge in [0.2, 0.25) is 0 Å². The number of fused-ring (bicyclic) bond motifs is 1. The average Bonchev–Trinajstić information content (AvgIpc) is 3.00. The normalized spacial score (nSPS) is 15.5. The first kappa shape index (κ1) is 21.4. The molecule has 2 aromatic rings. The molecular weight excluding hydrogens is 386 g/mol. The summed E-state index contributed by atoms with van der Waals surface area (Å²) in [5.41, 5.74) is 3.74. The van der Waals surface area contributed by atoms with E-state index < -0.39 is 0 Å². The molecular formula is C23H29NO4S. The van der Waals surface area contributed by atoms with Crippen LogP contribution in [0.1, 0.15) is 58.6 Å². The molecule has 0 bridgehead atoms. The van der Waals surface area contributed by atoms with E-state index in [2.05, 4.69) is 18.3 Å². The average molecular weight is 416 g/mol. The zero-order valence-electron chi connectivity index (χ0n) is 17.6. The smallest absolute Gasteiger partial charge is 0.341 e. The molecule has 1 amide bonds. The number of nitrogens with one attached hydrogen (secondary N) is 1. The van der Waals surface area contributed by atoms with Gasteiger partial charge in [-0.15, -0.1) is 11.3 Å². The molecule has 1 aliphatic rings. The Bertz CT molecular complexity index is 882. The number of benzene rings is 1. The Hall–Kier alpha value is -2.34. The largest absolute Gasteiger partial charge is 0.484 e. The van der Waals surface area contributed by atoms with E-state index in [1.165, 1.54) is 16.2 Å². The van der Waals surface area contributed by atoms with E-state index in [9.17, 15) is 9.59 Å². The van der Waals surface area contributed by atoms with E-state index in [-0.39, 0.29) is 18.5 Å². The summed E-state index contributed by atoms with van der Waals surface area (Å²) >= 11 is 1.49. The lowest BCUT2D eigenvalue weighted by Crippen LogP contribution is -2.21. The fourth-order valence-electron chi connectivity index (χ4n) is 3.65. The van der Waals surface area contributed by atoms with E-state index in [0.717, 1.165) is 42.4 Å². The Balaban J connectivity index is 1.74. The predicted octanol–water partition coefficient (Wildman–Crippen LogP) is 5.07. The van der Waals surface area contributed by atoms with E-state index in [1.54, 1.807) is 0 Å². The van der Waals surface area contributed by atoms with Crippen LogP contribution >= 0.6 is 11.3 Å². The van der Waals surface area contributed by atoms with Crippen LogP contribution in [0.2, 0.25) is 0 Å². The third kappa shape index (κ3) is 5.38. The van der Waals surface area contributed by atoms with Gasteiger partial charge < -0.3 is 14.8 Å². The van der Waals surface area contributed by atoms with Crippen molar-refractivity contribution in [3.05, 3.63) is 45.3 Å². The summed E-state index contributed by atoms with van der Waals surface area (Å²) in [6.45, 7) is 8.43. The van der Waals surface area contributed by atoms with Gasteiger partial charge >= 0.3 is 5.97 Å². The first-order valence-electron chi connectivity index (χ1n) is 10.2. The molecule has 29 heavy (non-hydrogen) atoms. The fraction of sp³-hybridized carbons (Fsp3) is 0.478. The minimum Gasteiger partial charge on any atom is -0.484 e. The summed E-state index contributed by atoms with van der Waals surface area (Å²) in [6, 6.07) is 5.86. The lowest BCUT2D eigenvalue weighted by molar-refractivity contribution is -0.118. The number of esters is 1. The van der Waals surface area contributed by atoms with Gasteiger partial charge in [-0.3, -0.25) is 4.79 Å². The standard InChI is InChI=1S/C23H29NO4S/c1-5-8-27-23(26)21-18-7-6-14(2)12-19(18)29-22(21)24-20(25)13-28-17-10-15(3)9-16(4)11-17/h9-11,14H,5-8,12-13H2,1-4H3,(H,24,25)/t14-/m1/s1. The third-order valence-electron chi connectivity index (χ3n) is 4.97. The zero-order chi connectivity index (χ0) is 21.0. The Kier molecular flexibility index (Phi) is 6.96. The molecule has 1 N–H and O–H groups in total. The van der Waals surface area contributed by atoms with Gasteiger partial charge in [0.15, 0.2) is 6.61 Å². The minimum atomic E-state index is -0.343. The van der Waals surface area contributed by atoms with E-state index >= 15 is 0 Å². The molecule has 0 saturated carbocycles. The van der Waals surface area contributed by atoms with Crippen LogP contribution in [-0.2, 0) is 22.4 Å². The second kappa shape index (κ2) is 9.44. The number of thiophene rings is 1. The molecule has 6 heteroatoms.